The van der Waals surface area contributed by atoms with E-state index in [4.69, 9.17) is 4.74 Å². The molecule has 0 aliphatic rings. The fraction of sp³-hybridized carbons (Fsp3) is 0.722. The molecule has 1 rings (SSSR count). The number of carboxylic acids is 1. The summed E-state index contributed by atoms with van der Waals surface area (Å²) in [4.78, 5) is 27.2. The van der Waals surface area contributed by atoms with Crippen molar-refractivity contribution in [3.63, 3.8) is 0 Å². The van der Waals surface area contributed by atoms with Gasteiger partial charge in [-0.05, 0) is 40.0 Å². The molecule has 142 valence electrons. The van der Waals surface area contributed by atoms with Crippen molar-refractivity contribution in [3.8, 4) is 0 Å². The Morgan fingerprint density at radius 1 is 1.36 bits per heavy atom. The number of carbonyl (C=O) groups excluding carboxylic acids is 1. The Bertz CT molecular complexity index is 549. The highest BCUT2D eigenvalue weighted by molar-refractivity contribution is 5.70. The van der Waals surface area contributed by atoms with E-state index >= 15 is 0 Å². The maximum atomic E-state index is 11.5. The van der Waals surface area contributed by atoms with Gasteiger partial charge in [0.05, 0.1) is 17.9 Å². The van der Waals surface area contributed by atoms with Crippen molar-refractivity contribution in [2.24, 2.45) is 5.92 Å². The smallest absolute Gasteiger partial charge is 0.407 e. The van der Waals surface area contributed by atoms with Crippen LogP contribution >= 0.6 is 0 Å². The summed E-state index contributed by atoms with van der Waals surface area (Å²) in [5.74, 6) is -1.25. The normalized spacial score (nSPS) is 12.6. The highest BCUT2D eigenvalue weighted by Crippen LogP contribution is 2.15. The molecule has 0 spiro atoms. The van der Waals surface area contributed by atoms with E-state index in [1.54, 1.807) is 6.33 Å². The lowest BCUT2D eigenvalue weighted by atomic mass is 9.97. The van der Waals surface area contributed by atoms with Crippen molar-refractivity contribution in [3.05, 3.63) is 18.2 Å². The molecule has 0 aliphatic heterocycles. The number of amides is 1. The average Bonchev–Trinajstić information content (AvgIpc) is 2.91. The molecule has 7 heteroatoms. The van der Waals surface area contributed by atoms with Crippen molar-refractivity contribution in [1.29, 1.82) is 0 Å². The van der Waals surface area contributed by atoms with E-state index in [0.29, 0.717) is 25.8 Å². The second-order valence-corrected chi connectivity index (χ2v) is 7.27. The Balaban J connectivity index is 2.31. The van der Waals surface area contributed by atoms with Gasteiger partial charge in [-0.2, -0.15) is 0 Å². The fourth-order valence-electron chi connectivity index (χ4n) is 2.48. The van der Waals surface area contributed by atoms with Gasteiger partial charge in [0.1, 0.15) is 5.60 Å². The Labute approximate surface area is 149 Å². The third-order valence-electron chi connectivity index (χ3n) is 3.62. The molecule has 1 aromatic heterocycles. The number of carbonyl (C=O) groups is 2. The number of aliphatic carboxylic acids is 1. The first-order chi connectivity index (χ1) is 11.7. The summed E-state index contributed by atoms with van der Waals surface area (Å²) in [5, 5.41) is 12.1. The van der Waals surface area contributed by atoms with E-state index in [1.165, 1.54) is 0 Å². The third kappa shape index (κ3) is 9.12. The highest BCUT2D eigenvalue weighted by Gasteiger charge is 2.19. The summed E-state index contributed by atoms with van der Waals surface area (Å²) in [6.07, 6.45) is 6.69. The minimum atomic E-state index is -0.801. The van der Waals surface area contributed by atoms with Crippen LogP contribution in [0.2, 0.25) is 0 Å². The Morgan fingerprint density at radius 3 is 2.68 bits per heavy atom. The summed E-state index contributed by atoms with van der Waals surface area (Å²) in [5.41, 5.74) is 0.298. The number of carboxylic acid groups (broad SMARTS) is 1. The number of nitrogens with zero attached hydrogens (tertiary/aromatic N) is 2. The number of ether oxygens (including phenoxy) is 1. The zero-order valence-corrected chi connectivity index (χ0v) is 15.7. The van der Waals surface area contributed by atoms with Gasteiger partial charge in [0, 0.05) is 25.7 Å². The van der Waals surface area contributed by atoms with Gasteiger partial charge in [0.2, 0.25) is 0 Å². The van der Waals surface area contributed by atoms with Gasteiger partial charge >= 0.3 is 12.1 Å². The van der Waals surface area contributed by atoms with Crippen LogP contribution in [-0.4, -0.2) is 38.9 Å². The van der Waals surface area contributed by atoms with Gasteiger partial charge in [-0.1, -0.05) is 13.3 Å². The van der Waals surface area contributed by atoms with Crippen molar-refractivity contribution in [2.75, 3.05) is 6.54 Å². The maximum absolute atomic E-state index is 11.5. The van der Waals surface area contributed by atoms with Gasteiger partial charge in [-0.3, -0.25) is 4.79 Å². The molecule has 1 amide bonds. The molecule has 0 saturated heterocycles. The molecule has 0 aliphatic carbocycles. The number of unbranched alkanes of at least 4 members (excludes halogenated alkanes) is 1. The number of aromatic nitrogens is 2. The quantitative estimate of drug-likeness (QED) is 0.630. The first-order valence-electron chi connectivity index (χ1n) is 8.91. The van der Waals surface area contributed by atoms with Crippen LogP contribution in [0.1, 0.15) is 59.1 Å². The highest BCUT2D eigenvalue weighted by atomic mass is 16.6. The van der Waals surface area contributed by atoms with Gasteiger partial charge in [-0.25, -0.2) is 9.78 Å². The molecule has 0 fully saturated rings. The Hall–Kier alpha value is -2.05. The fourth-order valence-corrected chi connectivity index (χ4v) is 2.48. The molecule has 0 bridgehead atoms. The number of alkyl carbamates (subject to hydrolysis) is 1. The van der Waals surface area contributed by atoms with Gasteiger partial charge in [0.15, 0.2) is 0 Å². The van der Waals surface area contributed by atoms with Gasteiger partial charge in [-0.15, -0.1) is 0 Å². The lowest BCUT2D eigenvalue weighted by molar-refractivity contribution is -0.142. The molecule has 1 unspecified atom stereocenters. The van der Waals surface area contributed by atoms with Crippen LogP contribution in [0.4, 0.5) is 4.79 Å². The predicted octanol–water partition coefficient (Wildman–Crippen LogP) is 3.23. The number of aryl methyl sites for hydroxylation is 1. The maximum Gasteiger partial charge on any atom is 0.407 e. The predicted molar refractivity (Wildman–Crippen MR) is 95.4 cm³/mol. The van der Waals surface area contributed by atoms with Crippen LogP contribution in [0.25, 0.3) is 0 Å². The van der Waals surface area contributed by atoms with E-state index in [2.05, 4.69) is 17.2 Å². The van der Waals surface area contributed by atoms with Crippen molar-refractivity contribution >= 4 is 12.1 Å². The van der Waals surface area contributed by atoms with E-state index < -0.39 is 23.6 Å². The molecular formula is C18H31N3O4. The van der Waals surface area contributed by atoms with E-state index in [1.807, 2.05) is 31.5 Å². The number of hydrogen-bond donors (Lipinski definition) is 2. The summed E-state index contributed by atoms with van der Waals surface area (Å²) in [7, 11) is 0. The second kappa shape index (κ2) is 10.1. The average molecular weight is 353 g/mol. The van der Waals surface area contributed by atoms with Crippen LogP contribution in [0.15, 0.2) is 12.5 Å². The molecule has 1 atom stereocenters. The van der Waals surface area contributed by atoms with Crippen LogP contribution in [0.5, 0.6) is 0 Å². The van der Waals surface area contributed by atoms with E-state index in [0.717, 1.165) is 25.1 Å². The van der Waals surface area contributed by atoms with Gasteiger partial charge in [0.25, 0.3) is 0 Å². The Kier molecular flexibility index (Phi) is 8.45. The molecule has 0 radical (unpaired) electrons. The number of imidazole rings is 1. The molecular weight excluding hydrogens is 322 g/mol. The van der Waals surface area contributed by atoms with Crippen molar-refractivity contribution in [2.45, 2.75) is 71.9 Å². The van der Waals surface area contributed by atoms with Crippen LogP contribution in [0, 0.1) is 5.92 Å². The van der Waals surface area contributed by atoms with Gasteiger partial charge < -0.3 is 19.7 Å². The standard InChI is InChI=1S/C18H31N3O4/c1-5-10-21-12-15(20-13-21)11-14(16(22)23)8-6-7-9-19-17(24)25-18(2,3)4/h12-14H,5-11H2,1-4H3,(H,19,24)(H,22,23). The van der Waals surface area contributed by atoms with Crippen LogP contribution < -0.4 is 5.32 Å². The number of hydrogen-bond acceptors (Lipinski definition) is 4. The molecule has 0 saturated carbocycles. The molecule has 0 aromatic carbocycles. The molecule has 25 heavy (non-hydrogen) atoms. The van der Waals surface area contributed by atoms with Crippen LogP contribution in [-0.2, 0) is 22.5 Å². The van der Waals surface area contributed by atoms with Crippen LogP contribution in [0.3, 0.4) is 0 Å². The first-order valence-corrected chi connectivity index (χ1v) is 8.91. The van der Waals surface area contributed by atoms with E-state index in [9.17, 15) is 14.7 Å². The Morgan fingerprint density at radius 2 is 2.08 bits per heavy atom. The number of rotatable bonds is 10. The summed E-state index contributed by atoms with van der Waals surface area (Å²) in [6.45, 7) is 8.89. The molecule has 7 nitrogen and oxygen atoms in total. The molecule has 1 aromatic rings. The SMILES string of the molecule is CCCn1cnc(CC(CCCCNC(=O)OC(C)(C)C)C(=O)O)c1. The lowest BCUT2D eigenvalue weighted by Crippen LogP contribution is -2.33. The van der Waals surface area contributed by atoms with Crippen molar-refractivity contribution < 1.29 is 19.4 Å². The number of nitrogens with one attached hydrogen (secondary N) is 1. The summed E-state index contributed by atoms with van der Waals surface area (Å²) >= 11 is 0. The largest absolute Gasteiger partial charge is 0.481 e. The zero-order chi connectivity index (χ0) is 18.9. The molecule has 2 N–H and O–H groups in total. The monoisotopic (exact) mass is 353 g/mol. The van der Waals surface area contributed by atoms with Crippen molar-refractivity contribution in [1.82, 2.24) is 14.9 Å². The lowest BCUT2D eigenvalue weighted by Gasteiger charge is -2.19. The second-order valence-electron chi connectivity index (χ2n) is 7.27. The topological polar surface area (TPSA) is 93.5 Å². The summed E-state index contributed by atoms with van der Waals surface area (Å²) in [6, 6.07) is 0. The third-order valence-corrected chi connectivity index (χ3v) is 3.62. The first kappa shape index (κ1) is 21.0. The minimum Gasteiger partial charge on any atom is -0.481 e. The minimum absolute atomic E-state index is 0.436. The molecule has 1 heterocycles. The zero-order valence-electron chi connectivity index (χ0n) is 15.7. The van der Waals surface area contributed by atoms with E-state index in [-0.39, 0.29) is 0 Å². The summed E-state index contributed by atoms with van der Waals surface area (Å²) < 4.78 is 7.14.